The minimum absolute atomic E-state index is 0.0213. The van der Waals surface area contributed by atoms with Crippen LogP contribution in [-0.2, 0) is 0 Å². The predicted octanol–water partition coefficient (Wildman–Crippen LogP) is 3.06. The van der Waals surface area contributed by atoms with Gasteiger partial charge in [-0.2, -0.15) is 5.10 Å². The molecule has 1 heterocycles. The maximum atomic E-state index is 12.3. The van der Waals surface area contributed by atoms with E-state index in [1.54, 1.807) is 19.1 Å². The molecule has 1 amide bonds. The zero-order valence-electron chi connectivity index (χ0n) is 16.0. The molecule has 0 bridgehead atoms. The molecule has 0 saturated carbocycles. The summed E-state index contributed by atoms with van der Waals surface area (Å²) in [6.07, 6.45) is 3.49. The average Bonchev–Trinajstić information content (AvgIpc) is 3.25. The van der Waals surface area contributed by atoms with Crippen molar-refractivity contribution < 1.29 is 19.6 Å². The van der Waals surface area contributed by atoms with E-state index in [0.29, 0.717) is 5.56 Å². The zero-order valence-corrected chi connectivity index (χ0v) is 16.0. The topological polar surface area (TPSA) is 117 Å². The lowest BCUT2D eigenvalue weighted by molar-refractivity contribution is -0.385. The van der Waals surface area contributed by atoms with Crippen molar-refractivity contribution in [2.45, 2.75) is 19.8 Å². The van der Waals surface area contributed by atoms with Gasteiger partial charge in [0, 0.05) is 36.0 Å². The SMILES string of the molecule is CCOc1cc([N+](=O)[O-])cc(/C=N\NC(=O)c2ccc(N3CCCC3)cc2)c1O. The van der Waals surface area contributed by atoms with Crippen molar-refractivity contribution in [3.63, 3.8) is 0 Å². The van der Waals surface area contributed by atoms with E-state index >= 15 is 0 Å². The van der Waals surface area contributed by atoms with Gasteiger partial charge < -0.3 is 14.7 Å². The Balaban J connectivity index is 1.70. The molecule has 1 fully saturated rings. The number of hydrogen-bond acceptors (Lipinski definition) is 7. The number of phenols is 1. The minimum Gasteiger partial charge on any atom is -0.504 e. The first kappa shape index (κ1) is 20.1. The maximum Gasteiger partial charge on any atom is 0.274 e. The van der Waals surface area contributed by atoms with E-state index in [2.05, 4.69) is 15.4 Å². The van der Waals surface area contributed by atoms with Gasteiger partial charge in [-0.1, -0.05) is 0 Å². The molecular formula is C20H22N4O5. The molecule has 3 rings (SSSR count). The van der Waals surface area contributed by atoms with E-state index in [0.717, 1.165) is 37.1 Å². The van der Waals surface area contributed by atoms with Crippen LogP contribution in [0.25, 0.3) is 0 Å². The quantitative estimate of drug-likeness (QED) is 0.420. The third-order valence-electron chi connectivity index (χ3n) is 4.57. The van der Waals surface area contributed by atoms with Crippen LogP contribution in [0.2, 0.25) is 0 Å². The van der Waals surface area contributed by atoms with Crippen LogP contribution in [0.4, 0.5) is 11.4 Å². The molecule has 1 aliphatic rings. The molecule has 1 aliphatic heterocycles. The number of carbonyl (C=O) groups excluding carboxylic acids is 1. The van der Waals surface area contributed by atoms with Crippen molar-refractivity contribution in [2.24, 2.45) is 5.10 Å². The van der Waals surface area contributed by atoms with Gasteiger partial charge in [0.15, 0.2) is 11.5 Å². The highest BCUT2D eigenvalue weighted by atomic mass is 16.6. The number of amides is 1. The fourth-order valence-corrected chi connectivity index (χ4v) is 3.11. The molecular weight excluding hydrogens is 376 g/mol. The van der Waals surface area contributed by atoms with Crippen LogP contribution in [0.15, 0.2) is 41.5 Å². The van der Waals surface area contributed by atoms with Gasteiger partial charge in [-0.15, -0.1) is 0 Å². The molecule has 2 aromatic rings. The predicted molar refractivity (Wildman–Crippen MR) is 109 cm³/mol. The summed E-state index contributed by atoms with van der Waals surface area (Å²) < 4.78 is 5.21. The molecule has 0 spiro atoms. The fraction of sp³-hybridized carbons (Fsp3) is 0.300. The van der Waals surface area contributed by atoms with Crippen LogP contribution in [-0.4, -0.2) is 41.8 Å². The molecule has 9 heteroatoms. The van der Waals surface area contributed by atoms with Crippen LogP contribution in [0.1, 0.15) is 35.7 Å². The third-order valence-corrected chi connectivity index (χ3v) is 4.57. The molecule has 1 saturated heterocycles. The van der Waals surface area contributed by atoms with Crippen molar-refractivity contribution in [1.29, 1.82) is 0 Å². The summed E-state index contributed by atoms with van der Waals surface area (Å²) in [6.45, 7) is 3.97. The summed E-state index contributed by atoms with van der Waals surface area (Å²) in [6, 6.07) is 9.51. The molecule has 9 nitrogen and oxygen atoms in total. The van der Waals surface area contributed by atoms with Crippen LogP contribution < -0.4 is 15.1 Å². The molecule has 29 heavy (non-hydrogen) atoms. The van der Waals surface area contributed by atoms with E-state index in [9.17, 15) is 20.0 Å². The summed E-state index contributed by atoms with van der Waals surface area (Å²) in [5.41, 5.74) is 3.68. The molecule has 0 atom stereocenters. The van der Waals surface area contributed by atoms with Crippen molar-refractivity contribution in [1.82, 2.24) is 5.43 Å². The molecule has 0 aromatic heterocycles. The lowest BCUT2D eigenvalue weighted by atomic mass is 10.1. The Bertz CT molecular complexity index is 921. The summed E-state index contributed by atoms with van der Waals surface area (Å²) in [4.78, 5) is 25.0. The normalized spacial score (nSPS) is 13.6. The summed E-state index contributed by atoms with van der Waals surface area (Å²) in [7, 11) is 0. The number of anilines is 1. The van der Waals surface area contributed by atoms with E-state index in [1.165, 1.54) is 12.8 Å². The van der Waals surface area contributed by atoms with Gasteiger partial charge >= 0.3 is 0 Å². The first-order chi connectivity index (χ1) is 14.0. The van der Waals surface area contributed by atoms with Gasteiger partial charge in [-0.05, 0) is 44.0 Å². The summed E-state index contributed by atoms with van der Waals surface area (Å²) >= 11 is 0. The number of carbonyl (C=O) groups is 1. The number of aromatic hydroxyl groups is 1. The number of rotatable bonds is 7. The Morgan fingerprint density at radius 3 is 2.62 bits per heavy atom. The van der Waals surface area contributed by atoms with Gasteiger partial charge in [-0.25, -0.2) is 5.43 Å². The van der Waals surface area contributed by atoms with Crippen molar-refractivity contribution in [3.8, 4) is 11.5 Å². The number of non-ortho nitro benzene ring substituents is 1. The largest absolute Gasteiger partial charge is 0.504 e. The van der Waals surface area contributed by atoms with Gasteiger partial charge in [0.25, 0.3) is 11.6 Å². The van der Waals surface area contributed by atoms with Crippen LogP contribution >= 0.6 is 0 Å². The first-order valence-corrected chi connectivity index (χ1v) is 9.32. The number of benzene rings is 2. The second-order valence-corrected chi connectivity index (χ2v) is 6.51. The smallest absolute Gasteiger partial charge is 0.274 e. The molecule has 0 radical (unpaired) electrons. The van der Waals surface area contributed by atoms with Gasteiger partial charge in [0.2, 0.25) is 0 Å². The van der Waals surface area contributed by atoms with Crippen LogP contribution in [0, 0.1) is 10.1 Å². The number of hydrazone groups is 1. The third kappa shape index (κ3) is 4.81. The molecule has 2 aromatic carbocycles. The highest BCUT2D eigenvalue weighted by Gasteiger charge is 2.16. The number of nitrogens with zero attached hydrogens (tertiary/aromatic N) is 3. The lowest BCUT2D eigenvalue weighted by Gasteiger charge is -2.17. The van der Waals surface area contributed by atoms with E-state index < -0.39 is 10.8 Å². The first-order valence-electron chi connectivity index (χ1n) is 9.32. The molecule has 152 valence electrons. The number of phenolic OH excluding ortho intramolecular Hbond substituents is 1. The number of nitro groups is 1. The minimum atomic E-state index is -0.597. The Morgan fingerprint density at radius 1 is 1.31 bits per heavy atom. The monoisotopic (exact) mass is 398 g/mol. The zero-order chi connectivity index (χ0) is 20.8. The van der Waals surface area contributed by atoms with E-state index in [1.807, 2.05) is 12.1 Å². The molecule has 0 aliphatic carbocycles. The van der Waals surface area contributed by atoms with E-state index in [-0.39, 0.29) is 29.4 Å². The maximum absolute atomic E-state index is 12.3. The second kappa shape index (κ2) is 9.05. The number of hydrogen-bond donors (Lipinski definition) is 2. The van der Waals surface area contributed by atoms with Crippen LogP contribution in [0.5, 0.6) is 11.5 Å². The molecule has 2 N–H and O–H groups in total. The van der Waals surface area contributed by atoms with E-state index in [4.69, 9.17) is 4.74 Å². The fourth-order valence-electron chi connectivity index (χ4n) is 3.11. The van der Waals surface area contributed by atoms with Crippen molar-refractivity contribution in [3.05, 3.63) is 57.6 Å². The van der Waals surface area contributed by atoms with Crippen molar-refractivity contribution in [2.75, 3.05) is 24.6 Å². The van der Waals surface area contributed by atoms with Gasteiger partial charge in [0.1, 0.15) is 0 Å². The van der Waals surface area contributed by atoms with Gasteiger partial charge in [0.05, 0.1) is 23.8 Å². The summed E-state index contributed by atoms with van der Waals surface area (Å²) in [5, 5.41) is 25.1. The molecule has 0 unspecified atom stereocenters. The summed E-state index contributed by atoms with van der Waals surface area (Å²) in [5.74, 6) is -0.735. The lowest BCUT2D eigenvalue weighted by Crippen LogP contribution is -2.19. The Morgan fingerprint density at radius 2 is 2.00 bits per heavy atom. The highest BCUT2D eigenvalue weighted by Crippen LogP contribution is 2.33. The number of nitrogens with one attached hydrogen (secondary N) is 1. The number of ether oxygens (including phenoxy) is 1. The Labute approximate surface area is 167 Å². The van der Waals surface area contributed by atoms with Gasteiger partial charge in [-0.3, -0.25) is 14.9 Å². The van der Waals surface area contributed by atoms with Crippen molar-refractivity contribution >= 4 is 23.5 Å². The highest BCUT2D eigenvalue weighted by molar-refractivity contribution is 5.95. The van der Waals surface area contributed by atoms with Crippen LogP contribution in [0.3, 0.4) is 0 Å². The Kier molecular flexibility index (Phi) is 6.28. The Hall–Kier alpha value is -3.62. The average molecular weight is 398 g/mol. The second-order valence-electron chi connectivity index (χ2n) is 6.51. The standard InChI is InChI=1S/C20H22N4O5/c1-2-29-18-12-17(24(27)28)11-15(19(18)25)13-21-22-20(26)14-5-7-16(8-6-14)23-9-3-4-10-23/h5-8,11-13,25H,2-4,9-10H2,1H3,(H,22,26)/b21-13-. The number of nitro benzene ring substituents is 1.